The minimum Gasteiger partial charge on any atom is -0.289 e. The number of benzene rings is 1. The van der Waals surface area contributed by atoms with Crippen molar-refractivity contribution in [1.29, 1.82) is 0 Å². The lowest BCUT2D eigenvalue weighted by molar-refractivity contribution is 1.86. The van der Waals surface area contributed by atoms with E-state index in [9.17, 15) is 9.59 Å². The van der Waals surface area contributed by atoms with Gasteiger partial charge in [-0.05, 0) is 21.5 Å². The van der Waals surface area contributed by atoms with Gasteiger partial charge in [-0.1, -0.05) is 12.1 Å². The Bertz CT molecular complexity index is 1130. The SMILES string of the molecule is O=c1c2cscc2c2ccc3c4cscc4c(=O)c3c12. The third kappa shape index (κ3) is 1.03. The number of fused-ring (bicyclic) bond motifs is 7. The van der Waals surface area contributed by atoms with E-state index in [1.165, 1.54) is 22.7 Å². The molecule has 0 N–H and O–H groups in total. The Morgan fingerprint density at radius 3 is 1.40 bits per heavy atom. The Balaban J connectivity index is 2.27. The zero-order valence-electron chi connectivity index (χ0n) is 10.1. The van der Waals surface area contributed by atoms with E-state index in [0.29, 0.717) is 10.8 Å². The van der Waals surface area contributed by atoms with E-state index in [2.05, 4.69) is 0 Å². The summed E-state index contributed by atoms with van der Waals surface area (Å²) in [5.74, 6) is 0. The summed E-state index contributed by atoms with van der Waals surface area (Å²) in [5, 5.41) is 14.2. The van der Waals surface area contributed by atoms with Gasteiger partial charge in [-0.3, -0.25) is 9.59 Å². The van der Waals surface area contributed by atoms with E-state index < -0.39 is 0 Å². The molecule has 94 valence electrons. The van der Waals surface area contributed by atoms with Crippen molar-refractivity contribution in [3.63, 3.8) is 0 Å². The number of rotatable bonds is 0. The van der Waals surface area contributed by atoms with Gasteiger partial charge in [-0.15, -0.1) is 0 Å². The van der Waals surface area contributed by atoms with Gasteiger partial charge in [0.1, 0.15) is 0 Å². The Morgan fingerprint density at radius 1 is 0.550 bits per heavy atom. The fraction of sp³-hybridized carbons (Fsp3) is 0. The first-order valence-electron chi connectivity index (χ1n) is 6.17. The Kier molecular flexibility index (Phi) is 1.79. The maximum absolute atomic E-state index is 12.6. The zero-order valence-corrected chi connectivity index (χ0v) is 11.7. The van der Waals surface area contributed by atoms with Gasteiger partial charge in [0, 0.05) is 43.1 Å². The minimum atomic E-state index is -0.00437. The lowest BCUT2D eigenvalue weighted by atomic mass is 10.1. The van der Waals surface area contributed by atoms with Crippen LogP contribution in [0.25, 0.3) is 43.1 Å². The second kappa shape index (κ2) is 3.34. The van der Waals surface area contributed by atoms with E-state index in [4.69, 9.17) is 0 Å². The number of hydrogen-bond donors (Lipinski definition) is 0. The molecule has 0 amide bonds. The fourth-order valence-corrected chi connectivity index (χ4v) is 4.81. The molecule has 0 fully saturated rings. The average Bonchev–Trinajstić information content (AvgIpc) is 3.17. The molecular formula is C16H6O2S2. The Labute approximate surface area is 120 Å². The van der Waals surface area contributed by atoms with Crippen molar-refractivity contribution in [3.05, 3.63) is 54.1 Å². The number of thiophene rings is 2. The number of hydrogen-bond acceptors (Lipinski definition) is 4. The highest BCUT2D eigenvalue weighted by atomic mass is 32.1. The molecule has 0 aliphatic rings. The first-order valence-corrected chi connectivity index (χ1v) is 8.05. The van der Waals surface area contributed by atoms with E-state index in [-0.39, 0.29) is 10.9 Å². The molecule has 0 atom stereocenters. The van der Waals surface area contributed by atoms with Crippen molar-refractivity contribution in [1.82, 2.24) is 0 Å². The van der Waals surface area contributed by atoms with Crippen molar-refractivity contribution in [2.75, 3.05) is 0 Å². The highest BCUT2D eigenvalue weighted by molar-refractivity contribution is 7.09. The van der Waals surface area contributed by atoms with Crippen LogP contribution in [0.2, 0.25) is 0 Å². The fourth-order valence-electron chi connectivity index (χ4n) is 3.16. The minimum absolute atomic E-state index is 0.00437. The zero-order chi connectivity index (χ0) is 13.4. The van der Waals surface area contributed by atoms with Crippen LogP contribution in [0.5, 0.6) is 0 Å². The van der Waals surface area contributed by atoms with Crippen LogP contribution in [0.1, 0.15) is 0 Å². The summed E-state index contributed by atoms with van der Waals surface area (Å²) in [6, 6.07) is 3.95. The molecule has 3 aromatic carbocycles. The van der Waals surface area contributed by atoms with Crippen molar-refractivity contribution >= 4 is 65.8 Å². The standard InChI is InChI=1S/C16H6O2S2/c17-15-11-5-19-3-9(11)7-1-2-8-10-4-20-6-12(10)16(18)14(8)13(7)15/h1-6H. The van der Waals surface area contributed by atoms with Crippen LogP contribution in [0, 0.1) is 0 Å². The van der Waals surface area contributed by atoms with Crippen molar-refractivity contribution in [3.8, 4) is 0 Å². The van der Waals surface area contributed by atoms with Gasteiger partial charge in [-0.25, -0.2) is 0 Å². The maximum atomic E-state index is 12.6. The van der Waals surface area contributed by atoms with Crippen LogP contribution in [-0.2, 0) is 0 Å². The van der Waals surface area contributed by atoms with Gasteiger partial charge in [-0.2, -0.15) is 22.7 Å². The molecule has 2 nitrogen and oxygen atoms in total. The van der Waals surface area contributed by atoms with Gasteiger partial charge < -0.3 is 0 Å². The van der Waals surface area contributed by atoms with Gasteiger partial charge in [0.15, 0.2) is 10.9 Å². The second-order valence-corrected chi connectivity index (χ2v) is 6.45. The van der Waals surface area contributed by atoms with Gasteiger partial charge in [0.25, 0.3) is 0 Å². The van der Waals surface area contributed by atoms with Crippen LogP contribution in [0.15, 0.2) is 43.2 Å². The van der Waals surface area contributed by atoms with Crippen LogP contribution < -0.4 is 10.9 Å². The van der Waals surface area contributed by atoms with Crippen LogP contribution >= 0.6 is 22.7 Å². The summed E-state index contributed by atoms with van der Waals surface area (Å²) in [4.78, 5) is 25.2. The van der Waals surface area contributed by atoms with Crippen LogP contribution in [-0.4, -0.2) is 0 Å². The smallest absolute Gasteiger partial charge is 0.195 e. The predicted octanol–water partition coefficient (Wildman–Crippen LogP) is 4.02. The Morgan fingerprint density at radius 2 is 0.950 bits per heavy atom. The lowest BCUT2D eigenvalue weighted by Crippen LogP contribution is -2.00. The van der Waals surface area contributed by atoms with E-state index in [1.807, 2.05) is 33.7 Å². The summed E-state index contributed by atoms with van der Waals surface area (Å²) in [6.45, 7) is 0. The first kappa shape index (κ1) is 10.7. The van der Waals surface area contributed by atoms with Gasteiger partial charge in [0.05, 0.1) is 0 Å². The van der Waals surface area contributed by atoms with Crippen molar-refractivity contribution in [2.45, 2.75) is 0 Å². The normalized spacial score (nSPS) is 12.4. The highest BCUT2D eigenvalue weighted by Gasteiger charge is 2.19. The largest absolute Gasteiger partial charge is 0.289 e. The Hall–Kier alpha value is -2.04. The summed E-state index contributed by atoms with van der Waals surface area (Å²) in [6.07, 6.45) is 0. The lowest BCUT2D eigenvalue weighted by Gasteiger charge is -1.93. The molecule has 4 heteroatoms. The van der Waals surface area contributed by atoms with Crippen LogP contribution in [0.3, 0.4) is 0 Å². The summed E-state index contributed by atoms with van der Waals surface area (Å²) in [7, 11) is 0. The highest BCUT2D eigenvalue weighted by Crippen LogP contribution is 2.35. The van der Waals surface area contributed by atoms with E-state index in [0.717, 1.165) is 32.3 Å². The van der Waals surface area contributed by atoms with Crippen molar-refractivity contribution < 1.29 is 0 Å². The van der Waals surface area contributed by atoms with Crippen LogP contribution in [0.4, 0.5) is 0 Å². The maximum Gasteiger partial charge on any atom is 0.195 e. The third-order valence-electron chi connectivity index (χ3n) is 4.05. The van der Waals surface area contributed by atoms with Gasteiger partial charge >= 0.3 is 0 Å². The molecule has 5 rings (SSSR count). The predicted molar refractivity (Wildman–Crippen MR) is 87.1 cm³/mol. The van der Waals surface area contributed by atoms with E-state index >= 15 is 0 Å². The monoisotopic (exact) mass is 294 g/mol. The summed E-state index contributed by atoms with van der Waals surface area (Å²) >= 11 is 3.06. The molecule has 0 radical (unpaired) electrons. The molecule has 0 saturated heterocycles. The third-order valence-corrected chi connectivity index (χ3v) is 5.54. The average molecular weight is 294 g/mol. The first-order chi connectivity index (χ1) is 9.77. The molecule has 5 aromatic rings. The second-order valence-electron chi connectivity index (χ2n) is 4.97. The molecule has 0 aliphatic heterocycles. The van der Waals surface area contributed by atoms with Gasteiger partial charge in [0.2, 0.25) is 0 Å². The molecule has 0 spiro atoms. The topological polar surface area (TPSA) is 34.1 Å². The molecule has 0 unspecified atom stereocenters. The molecule has 2 aromatic heterocycles. The summed E-state index contributed by atoms with van der Waals surface area (Å²) in [5.41, 5.74) is -0.00875. The van der Waals surface area contributed by atoms with E-state index in [1.54, 1.807) is 0 Å². The van der Waals surface area contributed by atoms with Crippen molar-refractivity contribution in [2.24, 2.45) is 0 Å². The molecule has 0 aliphatic carbocycles. The molecule has 20 heavy (non-hydrogen) atoms. The molecule has 2 heterocycles. The molecular weight excluding hydrogens is 288 g/mol. The molecule has 0 saturated carbocycles. The quantitative estimate of drug-likeness (QED) is 0.432. The summed E-state index contributed by atoms with van der Waals surface area (Å²) < 4.78 is 0. The molecule has 0 bridgehead atoms.